The monoisotopic (exact) mass is 298 g/mol. The van der Waals surface area contributed by atoms with Gasteiger partial charge in [0.25, 0.3) is 0 Å². The summed E-state index contributed by atoms with van der Waals surface area (Å²) in [6, 6.07) is 1.27. The Balaban J connectivity index is 2.12. The van der Waals surface area contributed by atoms with E-state index in [0.29, 0.717) is 6.54 Å². The van der Waals surface area contributed by atoms with Gasteiger partial charge in [0.1, 0.15) is 5.01 Å². The van der Waals surface area contributed by atoms with Crippen molar-refractivity contribution in [3.8, 4) is 0 Å². The van der Waals surface area contributed by atoms with Gasteiger partial charge in [0, 0.05) is 23.3 Å². The summed E-state index contributed by atoms with van der Waals surface area (Å²) in [4.78, 5) is 19.7. The molecule has 1 N–H and O–H groups in total. The molecule has 0 aliphatic rings. The molecule has 0 aliphatic carbocycles. The molecule has 0 radical (unpaired) electrons. The zero-order chi connectivity index (χ0) is 13.8. The molecule has 2 aromatic heterocycles. The van der Waals surface area contributed by atoms with Crippen LogP contribution in [0.4, 0.5) is 11.5 Å². The fourth-order valence-corrected chi connectivity index (χ4v) is 2.41. The van der Waals surface area contributed by atoms with Crippen molar-refractivity contribution in [1.82, 2.24) is 9.97 Å². The number of hydrogen-bond acceptors (Lipinski definition) is 6. The van der Waals surface area contributed by atoms with E-state index in [0.717, 1.165) is 11.4 Å². The Hall–Kier alpha value is -1.73. The van der Waals surface area contributed by atoms with Gasteiger partial charge in [0.2, 0.25) is 5.82 Å². The van der Waals surface area contributed by atoms with Crippen LogP contribution in [0.1, 0.15) is 16.8 Å². The van der Waals surface area contributed by atoms with Crippen LogP contribution >= 0.6 is 22.9 Å². The van der Waals surface area contributed by atoms with Crippen LogP contribution in [0.2, 0.25) is 5.02 Å². The molecule has 100 valence electrons. The number of pyridine rings is 1. The molecule has 0 saturated carbocycles. The normalized spacial score (nSPS) is 10.4. The predicted molar refractivity (Wildman–Crippen MR) is 74.7 cm³/mol. The molecule has 0 aliphatic heterocycles. The van der Waals surface area contributed by atoms with Crippen LogP contribution in [-0.2, 0) is 13.0 Å². The van der Waals surface area contributed by atoms with Gasteiger partial charge in [0.05, 0.1) is 16.5 Å². The van der Waals surface area contributed by atoms with Crippen LogP contribution in [0.3, 0.4) is 0 Å². The SMILES string of the molecule is CCc1cnc(CNc2ncc(Cl)cc2[N+](=O)[O-])s1. The maximum atomic E-state index is 10.9. The molecule has 6 nitrogen and oxygen atoms in total. The highest BCUT2D eigenvalue weighted by molar-refractivity contribution is 7.11. The third kappa shape index (κ3) is 3.39. The second-order valence-electron chi connectivity index (χ2n) is 3.71. The van der Waals surface area contributed by atoms with Gasteiger partial charge in [-0.15, -0.1) is 11.3 Å². The lowest BCUT2D eigenvalue weighted by atomic mass is 10.4. The number of aryl methyl sites for hydroxylation is 1. The molecular weight excluding hydrogens is 288 g/mol. The molecule has 0 aromatic carbocycles. The van der Waals surface area contributed by atoms with Crippen molar-refractivity contribution in [2.75, 3.05) is 5.32 Å². The first kappa shape index (κ1) is 13.7. The van der Waals surface area contributed by atoms with Gasteiger partial charge >= 0.3 is 5.69 Å². The fraction of sp³-hybridized carbons (Fsp3) is 0.273. The quantitative estimate of drug-likeness (QED) is 0.677. The topological polar surface area (TPSA) is 81.0 Å². The summed E-state index contributed by atoms with van der Waals surface area (Å²) in [5.74, 6) is 0.197. The van der Waals surface area contributed by atoms with Gasteiger partial charge in [0.15, 0.2) is 0 Å². The lowest BCUT2D eigenvalue weighted by molar-refractivity contribution is -0.384. The van der Waals surface area contributed by atoms with E-state index in [-0.39, 0.29) is 16.5 Å². The standard InChI is InChI=1S/C11H11ClN4O2S/c1-2-8-5-13-10(19-8)6-15-11-9(16(17)18)3-7(12)4-14-11/h3-5H,2,6H2,1H3,(H,14,15). The molecule has 0 amide bonds. The predicted octanol–water partition coefficient (Wildman–Crippen LogP) is 3.27. The van der Waals surface area contributed by atoms with E-state index in [1.807, 2.05) is 6.20 Å². The van der Waals surface area contributed by atoms with Gasteiger partial charge in [-0.2, -0.15) is 0 Å². The highest BCUT2D eigenvalue weighted by Crippen LogP contribution is 2.25. The summed E-state index contributed by atoms with van der Waals surface area (Å²) < 4.78 is 0. The average Bonchev–Trinajstić information content (AvgIpc) is 2.85. The van der Waals surface area contributed by atoms with Crippen molar-refractivity contribution in [2.45, 2.75) is 19.9 Å². The van der Waals surface area contributed by atoms with Crippen molar-refractivity contribution < 1.29 is 4.92 Å². The molecule has 19 heavy (non-hydrogen) atoms. The molecule has 2 heterocycles. The number of rotatable bonds is 5. The first-order valence-corrected chi connectivity index (χ1v) is 6.77. The van der Waals surface area contributed by atoms with Crippen LogP contribution in [0, 0.1) is 10.1 Å². The van der Waals surface area contributed by atoms with E-state index >= 15 is 0 Å². The van der Waals surface area contributed by atoms with Gasteiger partial charge in [-0.25, -0.2) is 9.97 Å². The molecule has 8 heteroatoms. The molecule has 0 atom stereocenters. The second-order valence-corrected chi connectivity index (χ2v) is 5.34. The van der Waals surface area contributed by atoms with Crippen molar-refractivity contribution in [3.05, 3.63) is 43.5 Å². The van der Waals surface area contributed by atoms with Crippen molar-refractivity contribution in [3.63, 3.8) is 0 Å². The zero-order valence-electron chi connectivity index (χ0n) is 10.1. The van der Waals surface area contributed by atoms with Crippen molar-refractivity contribution in [1.29, 1.82) is 0 Å². The Labute approximate surface area is 118 Å². The fourth-order valence-electron chi connectivity index (χ4n) is 1.46. The van der Waals surface area contributed by atoms with Gasteiger partial charge in [-0.05, 0) is 6.42 Å². The zero-order valence-corrected chi connectivity index (χ0v) is 11.7. The first-order chi connectivity index (χ1) is 9.10. The first-order valence-electron chi connectivity index (χ1n) is 5.57. The lowest BCUT2D eigenvalue weighted by Gasteiger charge is -2.04. The van der Waals surface area contributed by atoms with Crippen LogP contribution in [0.15, 0.2) is 18.5 Å². The number of nitrogens with zero attached hydrogens (tertiary/aromatic N) is 3. The van der Waals surface area contributed by atoms with E-state index in [2.05, 4.69) is 22.2 Å². The Morgan fingerprint density at radius 1 is 1.47 bits per heavy atom. The summed E-state index contributed by atoms with van der Waals surface area (Å²) in [5, 5.41) is 14.9. The maximum Gasteiger partial charge on any atom is 0.312 e. The van der Waals surface area contributed by atoms with Gasteiger partial charge < -0.3 is 5.32 Å². The minimum atomic E-state index is -0.513. The van der Waals surface area contributed by atoms with E-state index in [4.69, 9.17) is 11.6 Å². The van der Waals surface area contributed by atoms with Crippen molar-refractivity contribution in [2.24, 2.45) is 0 Å². The number of nitrogens with one attached hydrogen (secondary N) is 1. The Bertz CT molecular complexity index is 602. The van der Waals surface area contributed by atoms with Crippen LogP contribution in [0.25, 0.3) is 0 Å². The summed E-state index contributed by atoms with van der Waals surface area (Å²) in [5.41, 5.74) is -0.139. The second kappa shape index (κ2) is 5.94. The lowest BCUT2D eigenvalue weighted by Crippen LogP contribution is -2.04. The number of halogens is 1. The van der Waals surface area contributed by atoms with Crippen LogP contribution in [-0.4, -0.2) is 14.9 Å². The summed E-state index contributed by atoms with van der Waals surface area (Å²) in [6.07, 6.45) is 4.11. The number of hydrogen-bond donors (Lipinski definition) is 1. The number of thiazole rings is 1. The molecule has 0 bridgehead atoms. The van der Waals surface area contributed by atoms with Crippen LogP contribution in [0.5, 0.6) is 0 Å². The number of aromatic nitrogens is 2. The van der Waals surface area contributed by atoms with Gasteiger partial charge in [-0.1, -0.05) is 18.5 Å². The summed E-state index contributed by atoms with van der Waals surface area (Å²) in [6.45, 7) is 2.45. The number of nitro groups is 1. The Kier molecular flexibility index (Phi) is 4.28. The molecule has 0 unspecified atom stereocenters. The van der Waals surface area contributed by atoms with Gasteiger partial charge in [-0.3, -0.25) is 10.1 Å². The van der Waals surface area contributed by atoms with E-state index < -0.39 is 4.92 Å². The largest absolute Gasteiger partial charge is 0.358 e. The Morgan fingerprint density at radius 2 is 2.26 bits per heavy atom. The molecule has 0 spiro atoms. The molecule has 0 fully saturated rings. The maximum absolute atomic E-state index is 10.9. The molecular formula is C11H11ClN4O2S. The van der Waals surface area contributed by atoms with E-state index in [9.17, 15) is 10.1 Å². The number of anilines is 1. The highest BCUT2D eigenvalue weighted by Gasteiger charge is 2.16. The minimum Gasteiger partial charge on any atom is -0.358 e. The Morgan fingerprint density at radius 3 is 2.89 bits per heavy atom. The summed E-state index contributed by atoms with van der Waals surface area (Å²) in [7, 11) is 0. The summed E-state index contributed by atoms with van der Waals surface area (Å²) >= 11 is 7.27. The third-order valence-electron chi connectivity index (χ3n) is 2.39. The minimum absolute atomic E-state index is 0.139. The van der Waals surface area contributed by atoms with E-state index in [1.165, 1.54) is 17.1 Å². The van der Waals surface area contributed by atoms with E-state index in [1.54, 1.807) is 11.3 Å². The highest BCUT2D eigenvalue weighted by atomic mass is 35.5. The van der Waals surface area contributed by atoms with Crippen LogP contribution < -0.4 is 5.32 Å². The van der Waals surface area contributed by atoms with Crippen molar-refractivity contribution >= 4 is 34.4 Å². The molecule has 2 rings (SSSR count). The smallest absolute Gasteiger partial charge is 0.312 e. The molecule has 2 aromatic rings. The molecule has 0 saturated heterocycles. The average molecular weight is 299 g/mol. The third-order valence-corrected chi connectivity index (χ3v) is 3.74.